The van der Waals surface area contributed by atoms with Crippen LogP contribution in [-0.4, -0.2) is 11.6 Å². The minimum Gasteiger partial charge on any atom is -0.300 e. The zero-order valence-corrected chi connectivity index (χ0v) is 9.34. The molecule has 2 aliphatic carbocycles. The van der Waals surface area contributed by atoms with Crippen molar-refractivity contribution in [1.82, 2.24) is 0 Å². The molecule has 0 unspecified atom stereocenters. The molecule has 0 spiro atoms. The van der Waals surface area contributed by atoms with Crippen LogP contribution in [-0.2, 0) is 9.59 Å². The number of Topliss-reactive ketones (excluding diaryl/α,β-unsaturated/α-hetero) is 2. The third-order valence-electron chi connectivity index (χ3n) is 3.89. The van der Waals surface area contributed by atoms with E-state index >= 15 is 0 Å². The molecule has 84 valence electrons. The van der Waals surface area contributed by atoms with E-state index in [1.165, 1.54) is 19.3 Å². The first-order chi connectivity index (χ1) is 7.27. The maximum Gasteiger partial charge on any atom is 0.139 e. The van der Waals surface area contributed by atoms with Gasteiger partial charge in [0.25, 0.3) is 0 Å². The molecular formula is C13H20O2. The fourth-order valence-corrected chi connectivity index (χ4v) is 2.99. The summed E-state index contributed by atoms with van der Waals surface area (Å²) in [6.45, 7) is 0. The summed E-state index contributed by atoms with van der Waals surface area (Å²) in [5, 5.41) is 0. The Morgan fingerprint density at radius 1 is 0.933 bits per heavy atom. The minimum absolute atomic E-state index is 0.0781. The molecule has 0 radical (unpaired) electrons. The van der Waals surface area contributed by atoms with E-state index < -0.39 is 0 Å². The molecule has 2 nitrogen and oxygen atoms in total. The van der Waals surface area contributed by atoms with Gasteiger partial charge in [0, 0.05) is 24.7 Å². The lowest BCUT2D eigenvalue weighted by Gasteiger charge is -2.27. The Morgan fingerprint density at radius 2 is 1.60 bits per heavy atom. The number of hydrogen-bond donors (Lipinski definition) is 0. The van der Waals surface area contributed by atoms with E-state index in [1.54, 1.807) is 0 Å². The summed E-state index contributed by atoms with van der Waals surface area (Å²) in [5.74, 6) is 1.07. The highest BCUT2D eigenvalue weighted by Gasteiger charge is 2.31. The summed E-state index contributed by atoms with van der Waals surface area (Å²) in [7, 11) is 0. The van der Waals surface area contributed by atoms with Crippen molar-refractivity contribution in [3.8, 4) is 0 Å². The molecule has 1 atom stereocenters. The molecule has 2 heteroatoms. The fraction of sp³-hybridized carbons (Fsp3) is 0.846. The van der Waals surface area contributed by atoms with Crippen LogP contribution < -0.4 is 0 Å². The van der Waals surface area contributed by atoms with Crippen LogP contribution in [0, 0.1) is 11.8 Å². The molecule has 2 aliphatic rings. The van der Waals surface area contributed by atoms with Crippen molar-refractivity contribution in [3.63, 3.8) is 0 Å². The lowest BCUT2D eigenvalue weighted by Crippen LogP contribution is -2.29. The van der Waals surface area contributed by atoms with Crippen LogP contribution in [0.5, 0.6) is 0 Å². The van der Waals surface area contributed by atoms with Crippen molar-refractivity contribution >= 4 is 11.6 Å². The minimum atomic E-state index is 0.0781. The van der Waals surface area contributed by atoms with Gasteiger partial charge in [0.2, 0.25) is 0 Å². The lowest BCUT2D eigenvalue weighted by atomic mass is 9.76. The highest BCUT2D eigenvalue weighted by molar-refractivity contribution is 5.90. The summed E-state index contributed by atoms with van der Waals surface area (Å²) >= 11 is 0. The Morgan fingerprint density at radius 3 is 2.27 bits per heavy atom. The molecule has 15 heavy (non-hydrogen) atoms. The summed E-state index contributed by atoms with van der Waals surface area (Å²) in [6.07, 6.45) is 8.97. The Balaban J connectivity index is 1.90. The van der Waals surface area contributed by atoms with Gasteiger partial charge in [0.15, 0.2) is 0 Å². The number of ketones is 2. The van der Waals surface area contributed by atoms with Crippen LogP contribution in [0.2, 0.25) is 0 Å². The van der Waals surface area contributed by atoms with Crippen molar-refractivity contribution in [1.29, 1.82) is 0 Å². The molecule has 0 aromatic carbocycles. The summed E-state index contributed by atoms with van der Waals surface area (Å²) in [4.78, 5) is 23.5. The first kappa shape index (κ1) is 10.8. The zero-order valence-electron chi connectivity index (χ0n) is 9.34. The quantitative estimate of drug-likeness (QED) is 0.699. The second-order valence-corrected chi connectivity index (χ2v) is 5.07. The molecule has 0 heterocycles. The Bertz CT molecular complexity index is 251. The summed E-state index contributed by atoms with van der Waals surface area (Å²) < 4.78 is 0. The molecule has 0 bridgehead atoms. The fourth-order valence-electron chi connectivity index (χ4n) is 2.99. The topological polar surface area (TPSA) is 34.1 Å². The van der Waals surface area contributed by atoms with E-state index in [1.807, 2.05) is 0 Å². The highest BCUT2D eigenvalue weighted by Crippen LogP contribution is 2.31. The van der Waals surface area contributed by atoms with Gasteiger partial charge in [-0.05, 0) is 25.7 Å². The molecule has 0 amide bonds. The lowest BCUT2D eigenvalue weighted by molar-refractivity contribution is -0.133. The monoisotopic (exact) mass is 208 g/mol. The molecule has 0 aromatic heterocycles. The number of carbonyl (C=O) groups is 2. The van der Waals surface area contributed by atoms with Crippen LogP contribution in [0.15, 0.2) is 0 Å². The van der Waals surface area contributed by atoms with Crippen molar-refractivity contribution in [2.45, 2.75) is 57.8 Å². The largest absolute Gasteiger partial charge is 0.300 e. The van der Waals surface area contributed by atoms with Gasteiger partial charge in [0.05, 0.1) is 0 Å². The Labute approximate surface area is 91.4 Å². The summed E-state index contributed by atoms with van der Waals surface area (Å²) in [6, 6.07) is 0. The first-order valence-electron chi connectivity index (χ1n) is 6.33. The molecular weight excluding hydrogens is 188 g/mol. The third kappa shape index (κ3) is 2.67. The molecule has 0 saturated heterocycles. The van der Waals surface area contributed by atoms with Gasteiger partial charge in [-0.25, -0.2) is 0 Å². The van der Waals surface area contributed by atoms with E-state index in [9.17, 15) is 9.59 Å². The van der Waals surface area contributed by atoms with Crippen molar-refractivity contribution in [2.24, 2.45) is 11.8 Å². The van der Waals surface area contributed by atoms with Crippen LogP contribution in [0.3, 0.4) is 0 Å². The molecule has 2 rings (SSSR count). The maximum absolute atomic E-state index is 12.1. The van der Waals surface area contributed by atoms with Gasteiger partial charge in [-0.15, -0.1) is 0 Å². The van der Waals surface area contributed by atoms with Gasteiger partial charge in [-0.3, -0.25) is 9.59 Å². The average molecular weight is 208 g/mol. The molecule has 2 saturated carbocycles. The smallest absolute Gasteiger partial charge is 0.139 e. The first-order valence-corrected chi connectivity index (χ1v) is 6.33. The predicted molar refractivity (Wildman–Crippen MR) is 58.5 cm³/mol. The van der Waals surface area contributed by atoms with Gasteiger partial charge < -0.3 is 0 Å². The van der Waals surface area contributed by atoms with E-state index in [0.717, 1.165) is 25.7 Å². The van der Waals surface area contributed by atoms with Crippen LogP contribution in [0.4, 0.5) is 0 Å². The predicted octanol–water partition coefficient (Wildman–Crippen LogP) is 2.90. The van der Waals surface area contributed by atoms with Crippen LogP contribution in [0.1, 0.15) is 57.8 Å². The molecule has 0 aliphatic heterocycles. The maximum atomic E-state index is 12.1. The second-order valence-electron chi connectivity index (χ2n) is 5.07. The molecule has 2 fully saturated rings. The Kier molecular flexibility index (Phi) is 3.55. The highest BCUT2D eigenvalue weighted by atomic mass is 16.1. The van der Waals surface area contributed by atoms with Crippen molar-refractivity contribution in [2.75, 3.05) is 0 Å². The van der Waals surface area contributed by atoms with Crippen molar-refractivity contribution in [3.05, 3.63) is 0 Å². The van der Waals surface area contributed by atoms with E-state index in [2.05, 4.69) is 0 Å². The number of hydrogen-bond acceptors (Lipinski definition) is 2. The van der Waals surface area contributed by atoms with E-state index in [-0.39, 0.29) is 11.8 Å². The standard InChI is InChI=1S/C13H20O2/c14-12-8-4-7-11(9-12)13(15)10-5-2-1-3-6-10/h10-11H,1-9H2/t11-/m1/s1. The van der Waals surface area contributed by atoms with Gasteiger partial charge in [-0.2, -0.15) is 0 Å². The molecule has 0 N–H and O–H groups in total. The van der Waals surface area contributed by atoms with Crippen molar-refractivity contribution < 1.29 is 9.59 Å². The SMILES string of the molecule is O=C1CCC[C@@H](C(=O)C2CCCCC2)C1. The number of rotatable bonds is 2. The average Bonchev–Trinajstić information content (AvgIpc) is 2.29. The van der Waals surface area contributed by atoms with Crippen LogP contribution in [0.25, 0.3) is 0 Å². The van der Waals surface area contributed by atoms with Gasteiger partial charge in [0.1, 0.15) is 11.6 Å². The van der Waals surface area contributed by atoms with Crippen LogP contribution >= 0.6 is 0 Å². The Hall–Kier alpha value is -0.660. The normalized spacial score (nSPS) is 29.1. The number of carbonyl (C=O) groups excluding carboxylic acids is 2. The zero-order chi connectivity index (χ0) is 10.7. The second kappa shape index (κ2) is 4.91. The van der Waals surface area contributed by atoms with E-state index in [4.69, 9.17) is 0 Å². The third-order valence-corrected chi connectivity index (χ3v) is 3.89. The molecule has 0 aromatic rings. The van der Waals surface area contributed by atoms with E-state index in [0.29, 0.717) is 24.4 Å². The van der Waals surface area contributed by atoms with Gasteiger partial charge >= 0.3 is 0 Å². The van der Waals surface area contributed by atoms with Gasteiger partial charge in [-0.1, -0.05) is 19.3 Å². The summed E-state index contributed by atoms with van der Waals surface area (Å²) in [5.41, 5.74) is 0.